The molecular formula is C31H38Br3N5O8PdS5Zn2. The third-order valence-electron chi connectivity index (χ3n) is 4.64. The summed E-state index contributed by atoms with van der Waals surface area (Å²) in [6.07, 6.45) is 6.89. The molecule has 5 aromatic heterocycles. The van der Waals surface area contributed by atoms with Gasteiger partial charge in [0.2, 0.25) is 0 Å². The van der Waals surface area contributed by atoms with Crippen LogP contribution in [0.3, 0.4) is 0 Å². The number of carboxylic acid groups (broad SMARTS) is 2. The maximum absolute atomic E-state index is 11.7. The minimum absolute atomic E-state index is 0. The number of nitrogens with zero attached hydrogens (tertiary/aromatic N) is 5. The number of methoxy groups -OCH3 is 2. The van der Waals surface area contributed by atoms with Crippen LogP contribution in [0.2, 0.25) is 0 Å². The number of carbonyl (C=O) groups excluding carboxylic acids is 2. The maximum Gasteiger partial charge on any atom is 0 e. The summed E-state index contributed by atoms with van der Waals surface area (Å²) < 4.78 is 11.1. The smallest absolute Gasteiger partial charge is 0 e. The van der Waals surface area contributed by atoms with Gasteiger partial charge in [-0.15, -0.1) is 56.9 Å². The fourth-order valence-corrected chi connectivity index (χ4v) is 7.77. The second kappa shape index (κ2) is 37.6. The van der Waals surface area contributed by atoms with E-state index < -0.39 is 11.9 Å². The van der Waals surface area contributed by atoms with Crippen LogP contribution >= 0.6 is 102 Å². The van der Waals surface area contributed by atoms with Gasteiger partial charge in [0.1, 0.15) is 0 Å². The topological polar surface area (TPSA) is 192 Å². The zero-order valence-electron chi connectivity index (χ0n) is 31.0. The van der Waals surface area contributed by atoms with E-state index in [-0.39, 0.29) is 51.8 Å². The molecule has 0 aliphatic rings. The number of ether oxygens (including phenoxy) is 2. The largest absolute Gasteiger partial charge is 0.394 e. The first kappa shape index (κ1) is 61.0. The number of carboxylic acids is 2. The van der Waals surface area contributed by atoms with Crippen LogP contribution in [-0.4, -0.2) is 73.2 Å². The van der Waals surface area contributed by atoms with Crippen molar-refractivity contribution in [3.8, 4) is 10.0 Å². The number of thiazole rings is 5. The van der Waals surface area contributed by atoms with E-state index in [1.807, 2.05) is 16.1 Å². The molecule has 24 heteroatoms. The third kappa shape index (κ3) is 32.0. The maximum atomic E-state index is 11.7. The summed E-state index contributed by atoms with van der Waals surface area (Å²) in [7, 11) is 2.75. The minimum Gasteiger partial charge on any atom is -0.394 e. The average molecular weight is 1250 g/mol. The van der Waals surface area contributed by atoms with Crippen LogP contribution in [0.15, 0.2) is 42.6 Å². The fraction of sp³-hybridized carbons (Fsp3) is 0.387. The standard InChI is InChI=1S/C12H14N2O2S2.C9H12BrNO2S.C3H2BrNS.C3H2NS.2C2H4O2.BrH.Pd.2Zn/c1-7(2)6-8-9(12(15)16-3)14-11(18-8)10-13-4-5-17-10;1-5(2)4-6-7(8(12)13-3)11-9(10)14-6;4-3-5-1-2-6-3;1-2-5-3-4-1;2*1-2(3)4;;;;/h4-5,7H,6H2,1-3H3;5H,4H2,1-3H3;1-2H;1-2H;2*1H3,(H,3,4);1H;;;/q;;;-1;;;;;;+2/p-1. The van der Waals surface area contributed by atoms with Gasteiger partial charge in [0.25, 0.3) is 11.9 Å². The molecule has 0 aliphatic heterocycles. The molecule has 0 amide bonds. The zero-order chi connectivity index (χ0) is 40.9. The Balaban J connectivity index is -0.000000310. The first-order valence-electron chi connectivity index (χ1n) is 14.7. The number of hydrogen-bond donors (Lipinski definition) is 2. The van der Waals surface area contributed by atoms with E-state index >= 15 is 0 Å². The molecule has 0 fully saturated rings. The van der Waals surface area contributed by atoms with E-state index in [0.29, 0.717) is 23.2 Å². The van der Waals surface area contributed by atoms with E-state index in [9.17, 15) is 9.59 Å². The Kier molecular flexibility index (Phi) is 41.8. The van der Waals surface area contributed by atoms with E-state index in [1.165, 1.54) is 75.9 Å². The van der Waals surface area contributed by atoms with Crippen molar-refractivity contribution in [2.24, 2.45) is 11.8 Å². The van der Waals surface area contributed by atoms with E-state index in [1.54, 1.807) is 29.9 Å². The van der Waals surface area contributed by atoms with Gasteiger partial charge in [-0.1, -0.05) is 27.7 Å². The normalized spacial score (nSPS) is 9.00. The molecule has 0 spiro atoms. The van der Waals surface area contributed by atoms with Crippen LogP contribution in [0.1, 0.15) is 72.3 Å². The van der Waals surface area contributed by atoms with Gasteiger partial charge in [-0.05, 0) is 62.0 Å². The summed E-state index contributed by atoms with van der Waals surface area (Å²) in [5, 5.41) is 22.2. The molecule has 5 rings (SSSR count). The van der Waals surface area contributed by atoms with Crippen LogP contribution < -0.4 is 0 Å². The van der Waals surface area contributed by atoms with Crippen molar-refractivity contribution in [3.63, 3.8) is 0 Å². The molecule has 0 saturated carbocycles. The molecule has 13 nitrogen and oxygen atoms in total. The third-order valence-corrected chi connectivity index (χ3v) is 9.95. The predicted molar refractivity (Wildman–Crippen MR) is 219 cm³/mol. The van der Waals surface area contributed by atoms with Crippen molar-refractivity contribution in [3.05, 3.63) is 69.2 Å². The number of aliphatic carboxylic acids is 2. The number of halogens is 3. The number of esters is 2. The Morgan fingerprint density at radius 2 is 1.20 bits per heavy atom. The molecule has 0 aromatic carbocycles. The first-order chi connectivity index (χ1) is 25.0. The van der Waals surface area contributed by atoms with Gasteiger partial charge in [0.05, 0.1) is 14.2 Å². The molecule has 0 unspecified atom stereocenters. The number of rotatable bonds is 7. The van der Waals surface area contributed by atoms with Crippen molar-refractivity contribution >= 4 is 126 Å². The molecule has 0 saturated heterocycles. The van der Waals surface area contributed by atoms with Crippen molar-refractivity contribution in [1.82, 2.24) is 24.9 Å². The van der Waals surface area contributed by atoms with Gasteiger partial charge in [0, 0.05) is 86.7 Å². The van der Waals surface area contributed by atoms with Crippen LogP contribution in [0.5, 0.6) is 0 Å². The summed E-state index contributed by atoms with van der Waals surface area (Å²) in [4.78, 5) is 63.1. The van der Waals surface area contributed by atoms with Gasteiger partial charge < -0.3 is 24.7 Å². The average Bonchev–Trinajstić information content (AvgIpc) is 3.93. The molecular weight excluding hydrogens is 1210 g/mol. The molecule has 5 aromatic rings. The summed E-state index contributed by atoms with van der Waals surface area (Å²) in [6.45, 7) is 10.6. The predicted octanol–water partition coefficient (Wildman–Crippen LogP) is 10.0. The van der Waals surface area contributed by atoms with Crippen LogP contribution in [0.4, 0.5) is 0 Å². The molecule has 300 valence electrons. The van der Waals surface area contributed by atoms with Crippen molar-refractivity contribution < 1.29 is 95.1 Å². The van der Waals surface area contributed by atoms with Gasteiger partial charge in [-0.2, -0.15) is 0 Å². The molecule has 5 heterocycles. The Bertz CT molecular complexity index is 1660. The zero-order valence-corrected chi connectivity index (χ0v) is 47.3. The number of carbonyl (C=O) groups is 4. The van der Waals surface area contributed by atoms with Crippen LogP contribution in [-0.2, 0) is 88.1 Å². The Labute approximate surface area is 401 Å². The second-order valence-corrected chi connectivity index (χ2v) is 17.2. The van der Waals surface area contributed by atoms with Crippen LogP contribution in [0.25, 0.3) is 10.0 Å². The van der Waals surface area contributed by atoms with Crippen molar-refractivity contribution in [1.29, 1.82) is 0 Å². The summed E-state index contributed by atoms with van der Waals surface area (Å²) in [5.74, 6) is -1.42. The molecule has 55 heavy (non-hydrogen) atoms. The molecule has 0 radical (unpaired) electrons. The molecule has 2 N–H and O–H groups in total. The monoisotopic (exact) mass is 1240 g/mol. The van der Waals surface area contributed by atoms with Crippen LogP contribution in [0, 0.1) is 17.3 Å². The minimum atomic E-state index is -0.833. The second-order valence-electron chi connectivity index (χ2n) is 9.99. The van der Waals surface area contributed by atoms with Crippen molar-refractivity contribution in [2.75, 3.05) is 14.2 Å². The summed E-state index contributed by atoms with van der Waals surface area (Å²) in [5.41, 5.74) is 3.53. The summed E-state index contributed by atoms with van der Waals surface area (Å²) in [6, 6.07) is 0. The van der Waals surface area contributed by atoms with E-state index in [0.717, 1.165) is 54.3 Å². The quantitative estimate of drug-likeness (QED) is 0.0890. The van der Waals surface area contributed by atoms with Gasteiger partial charge in [0.15, 0.2) is 29.2 Å². The SMILES string of the molecule is Brc1nccs1.CC(=O)O.CC(=O)O.COC(=O)c1nc(-c2nccs2)sc1CC(C)C.COC(=O)c1nc(Br)sc1CC(C)C.[Pd].[Zn+][Br].[Zn].[c-]1nccs1. The van der Waals surface area contributed by atoms with Gasteiger partial charge >= 0.3 is 41.9 Å². The van der Waals surface area contributed by atoms with Gasteiger partial charge in [-0.3, -0.25) is 20.9 Å². The Morgan fingerprint density at radius 3 is 1.51 bits per heavy atom. The molecule has 0 bridgehead atoms. The fourth-order valence-electron chi connectivity index (χ4n) is 2.98. The van der Waals surface area contributed by atoms with Crippen molar-refractivity contribution in [2.45, 2.75) is 54.4 Å². The van der Waals surface area contributed by atoms with E-state index in [2.05, 4.69) is 108 Å². The number of hydrogen-bond acceptors (Lipinski definition) is 16. The number of aromatic nitrogens is 5. The van der Waals surface area contributed by atoms with Gasteiger partial charge in [-0.25, -0.2) is 29.5 Å². The molecule has 0 aliphatic carbocycles. The Hall–Kier alpha value is -0.621. The first-order valence-corrected chi connectivity index (χ1v) is 27.5. The Morgan fingerprint density at radius 1 is 0.745 bits per heavy atom. The summed E-state index contributed by atoms with van der Waals surface area (Å²) >= 11 is 18.3. The van der Waals surface area contributed by atoms with E-state index in [4.69, 9.17) is 24.5 Å². The molecule has 0 atom stereocenters.